The van der Waals surface area contributed by atoms with Crippen molar-refractivity contribution in [3.8, 4) is 0 Å². The van der Waals surface area contributed by atoms with Gasteiger partial charge in [-0.25, -0.2) is 0 Å². The molecule has 0 fully saturated rings. The number of hydrogen-bond acceptors (Lipinski definition) is 2. The lowest BCUT2D eigenvalue weighted by Crippen LogP contribution is -2.23. The zero-order chi connectivity index (χ0) is 13.4. The average Bonchev–Trinajstić information content (AvgIpc) is 2.38. The van der Waals surface area contributed by atoms with E-state index in [-0.39, 0.29) is 0 Å². The molecular formula is C16H26N2. The van der Waals surface area contributed by atoms with Crippen molar-refractivity contribution in [3.05, 3.63) is 41.7 Å². The molecule has 1 aromatic heterocycles. The predicted molar refractivity (Wildman–Crippen MR) is 78.7 cm³/mol. The molecule has 18 heavy (non-hydrogen) atoms. The summed E-state index contributed by atoms with van der Waals surface area (Å²) < 4.78 is 0. The molecule has 0 saturated carbocycles. The van der Waals surface area contributed by atoms with E-state index in [1.165, 1.54) is 16.7 Å². The average molecular weight is 246 g/mol. The molecule has 0 aromatic carbocycles. The van der Waals surface area contributed by atoms with Crippen molar-refractivity contribution in [1.82, 2.24) is 10.3 Å². The Hall–Kier alpha value is -1.15. The van der Waals surface area contributed by atoms with Gasteiger partial charge in [0.05, 0.1) is 0 Å². The molecule has 1 N–H and O–H groups in total. The first-order valence-corrected chi connectivity index (χ1v) is 6.99. The lowest BCUT2D eigenvalue weighted by molar-refractivity contribution is 0.495. The third kappa shape index (κ3) is 4.61. The smallest absolute Gasteiger partial charge is 0.0327 e. The van der Waals surface area contributed by atoms with Gasteiger partial charge in [0, 0.05) is 18.4 Å². The Morgan fingerprint density at radius 3 is 2.83 bits per heavy atom. The van der Waals surface area contributed by atoms with Crippen LogP contribution < -0.4 is 5.32 Å². The topological polar surface area (TPSA) is 24.9 Å². The fourth-order valence-corrected chi connectivity index (χ4v) is 2.15. The Labute approximate surface area is 112 Å². The Kier molecular flexibility index (Phi) is 6.66. The Balaban J connectivity index is 2.82. The number of allylic oxidation sites excluding steroid dienone is 1. The molecule has 0 radical (unpaired) electrons. The van der Waals surface area contributed by atoms with Crippen molar-refractivity contribution in [3.63, 3.8) is 0 Å². The first kappa shape index (κ1) is 14.9. The molecular weight excluding hydrogens is 220 g/mol. The van der Waals surface area contributed by atoms with Gasteiger partial charge in [-0.2, -0.15) is 0 Å². The molecule has 1 unspecified atom stereocenters. The van der Waals surface area contributed by atoms with Crippen LogP contribution in [-0.4, -0.2) is 11.5 Å². The van der Waals surface area contributed by atoms with Gasteiger partial charge in [0.15, 0.2) is 0 Å². The molecule has 0 aliphatic carbocycles. The van der Waals surface area contributed by atoms with Crippen LogP contribution in [0, 0.1) is 0 Å². The third-order valence-electron chi connectivity index (χ3n) is 3.20. The van der Waals surface area contributed by atoms with Crippen LogP contribution in [-0.2, 0) is 6.42 Å². The number of nitrogens with zero attached hydrogens (tertiary/aromatic N) is 1. The second-order valence-electron chi connectivity index (χ2n) is 4.93. The lowest BCUT2D eigenvalue weighted by Gasteiger charge is -2.21. The summed E-state index contributed by atoms with van der Waals surface area (Å²) in [6, 6.07) is 2.59. The van der Waals surface area contributed by atoms with Gasteiger partial charge < -0.3 is 5.32 Å². The summed E-state index contributed by atoms with van der Waals surface area (Å²) >= 11 is 0. The van der Waals surface area contributed by atoms with Crippen molar-refractivity contribution in [1.29, 1.82) is 0 Å². The highest BCUT2D eigenvalue weighted by molar-refractivity contribution is 5.27. The Morgan fingerprint density at radius 2 is 2.22 bits per heavy atom. The minimum atomic E-state index is 0.430. The first-order valence-electron chi connectivity index (χ1n) is 6.99. The summed E-state index contributed by atoms with van der Waals surface area (Å²) in [6.45, 7) is 11.6. The van der Waals surface area contributed by atoms with E-state index in [4.69, 9.17) is 0 Å². The summed E-state index contributed by atoms with van der Waals surface area (Å²) in [6.07, 6.45) is 8.29. The SMILES string of the molecule is C=C(C)CCC(NCCC)c1ccncc1CC. The third-order valence-corrected chi connectivity index (χ3v) is 3.20. The van der Waals surface area contributed by atoms with Crippen LogP contribution in [0.15, 0.2) is 30.6 Å². The van der Waals surface area contributed by atoms with Crippen molar-refractivity contribution < 1.29 is 0 Å². The number of aryl methyl sites for hydroxylation is 1. The molecule has 2 nitrogen and oxygen atoms in total. The lowest BCUT2D eigenvalue weighted by atomic mass is 9.96. The van der Waals surface area contributed by atoms with Gasteiger partial charge >= 0.3 is 0 Å². The molecule has 2 heteroatoms. The van der Waals surface area contributed by atoms with Gasteiger partial charge in [-0.15, -0.1) is 6.58 Å². The number of rotatable bonds is 8. The second kappa shape index (κ2) is 8.04. The van der Waals surface area contributed by atoms with Gasteiger partial charge in [0.2, 0.25) is 0 Å². The number of hydrogen-bond donors (Lipinski definition) is 1. The van der Waals surface area contributed by atoms with Crippen LogP contribution in [0.4, 0.5) is 0 Å². The highest BCUT2D eigenvalue weighted by Gasteiger charge is 2.13. The maximum atomic E-state index is 4.23. The zero-order valence-corrected chi connectivity index (χ0v) is 12.0. The summed E-state index contributed by atoms with van der Waals surface area (Å²) in [5.74, 6) is 0. The highest BCUT2D eigenvalue weighted by atomic mass is 14.9. The normalized spacial score (nSPS) is 12.4. The Morgan fingerprint density at radius 1 is 1.44 bits per heavy atom. The summed E-state index contributed by atoms with van der Waals surface area (Å²) in [5, 5.41) is 3.65. The van der Waals surface area contributed by atoms with Gasteiger partial charge in [0.25, 0.3) is 0 Å². The first-order chi connectivity index (χ1) is 8.69. The number of nitrogens with one attached hydrogen (secondary N) is 1. The van der Waals surface area contributed by atoms with E-state index in [9.17, 15) is 0 Å². The molecule has 0 spiro atoms. The van der Waals surface area contributed by atoms with Crippen LogP contribution in [0.2, 0.25) is 0 Å². The summed E-state index contributed by atoms with van der Waals surface area (Å²) in [4.78, 5) is 4.23. The van der Waals surface area contributed by atoms with Gasteiger partial charge in [-0.05, 0) is 56.3 Å². The second-order valence-corrected chi connectivity index (χ2v) is 4.93. The van der Waals surface area contributed by atoms with Crippen molar-refractivity contribution in [2.45, 2.75) is 52.5 Å². The van der Waals surface area contributed by atoms with Crippen LogP contribution in [0.3, 0.4) is 0 Å². The molecule has 0 bridgehead atoms. The molecule has 0 saturated heterocycles. The zero-order valence-electron chi connectivity index (χ0n) is 12.0. The Bertz CT molecular complexity index is 371. The van der Waals surface area contributed by atoms with E-state index in [2.05, 4.69) is 43.7 Å². The highest BCUT2D eigenvalue weighted by Crippen LogP contribution is 2.23. The molecule has 1 atom stereocenters. The summed E-state index contributed by atoms with van der Waals surface area (Å²) in [5.41, 5.74) is 4.01. The van der Waals surface area contributed by atoms with E-state index < -0.39 is 0 Å². The van der Waals surface area contributed by atoms with Gasteiger partial charge in [0.1, 0.15) is 0 Å². The number of pyridine rings is 1. The monoisotopic (exact) mass is 246 g/mol. The van der Waals surface area contributed by atoms with E-state index in [1.807, 2.05) is 12.4 Å². The molecule has 1 heterocycles. The molecule has 1 rings (SSSR count). The van der Waals surface area contributed by atoms with E-state index in [0.717, 1.165) is 32.2 Å². The van der Waals surface area contributed by atoms with E-state index in [0.29, 0.717) is 6.04 Å². The van der Waals surface area contributed by atoms with Crippen molar-refractivity contribution in [2.24, 2.45) is 0 Å². The summed E-state index contributed by atoms with van der Waals surface area (Å²) in [7, 11) is 0. The van der Waals surface area contributed by atoms with E-state index in [1.54, 1.807) is 0 Å². The quantitative estimate of drug-likeness (QED) is 0.700. The number of aromatic nitrogens is 1. The molecule has 1 aromatic rings. The van der Waals surface area contributed by atoms with Crippen LogP contribution in [0.5, 0.6) is 0 Å². The molecule has 0 aliphatic rings. The predicted octanol–water partition coefficient (Wildman–Crippen LogP) is 4.04. The van der Waals surface area contributed by atoms with Crippen molar-refractivity contribution in [2.75, 3.05) is 6.54 Å². The largest absolute Gasteiger partial charge is 0.310 e. The van der Waals surface area contributed by atoms with Crippen LogP contribution in [0.1, 0.15) is 57.2 Å². The fourth-order valence-electron chi connectivity index (χ4n) is 2.15. The van der Waals surface area contributed by atoms with Crippen LogP contribution in [0.25, 0.3) is 0 Å². The molecule has 100 valence electrons. The standard InChI is InChI=1S/C16H26N2/c1-5-10-18-16(8-7-13(3)4)15-9-11-17-12-14(15)6-2/h9,11-12,16,18H,3,5-8,10H2,1-2,4H3. The fraction of sp³-hybridized carbons (Fsp3) is 0.562. The maximum Gasteiger partial charge on any atom is 0.0327 e. The van der Waals surface area contributed by atoms with E-state index >= 15 is 0 Å². The molecule has 0 aliphatic heterocycles. The van der Waals surface area contributed by atoms with Gasteiger partial charge in [-0.1, -0.05) is 19.4 Å². The minimum Gasteiger partial charge on any atom is -0.310 e. The minimum absolute atomic E-state index is 0.430. The maximum absolute atomic E-state index is 4.23. The van der Waals surface area contributed by atoms with Gasteiger partial charge in [-0.3, -0.25) is 4.98 Å². The van der Waals surface area contributed by atoms with Crippen molar-refractivity contribution >= 4 is 0 Å². The molecule has 0 amide bonds. The van der Waals surface area contributed by atoms with Crippen LogP contribution >= 0.6 is 0 Å².